The third-order valence-electron chi connectivity index (χ3n) is 4.69. The largest absolute Gasteiger partial charge is 0.459 e. The molecular formula is C19H24BrN3O3S. The fourth-order valence-corrected chi connectivity index (χ4v) is 4.82. The first-order valence-corrected chi connectivity index (χ1v) is 10.8. The van der Waals surface area contributed by atoms with Gasteiger partial charge in [-0.2, -0.15) is 5.10 Å². The number of anilines is 1. The SMILES string of the molecule is Cc1c(Br)cnn1C(C)C(=O)Nc1sc2c(c1C(=O)OC(C)C)CCCC2. The van der Waals surface area contributed by atoms with E-state index in [0.29, 0.717) is 10.6 Å². The molecule has 0 bridgehead atoms. The second-order valence-electron chi connectivity index (χ2n) is 7.06. The van der Waals surface area contributed by atoms with Crippen molar-refractivity contribution in [2.75, 3.05) is 5.32 Å². The van der Waals surface area contributed by atoms with Crippen molar-refractivity contribution in [1.82, 2.24) is 9.78 Å². The smallest absolute Gasteiger partial charge is 0.341 e. The number of nitrogens with one attached hydrogen (secondary N) is 1. The van der Waals surface area contributed by atoms with Crippen LogP contribution >= 0.6 is 27.3 Å². The maximum absolute atomic E-state index is 12.9. The molecular weight excluding hydrogens is 430 g/mol. The van der Waals surface area contributed by atoms with Crippen molar-refractivity contribution in [1.29, 1.82) is 0 Å². The van der Waals surface area contributed by atoms with E-state index in [1.807, 2.05) is 20.8 Å². The zero-order valence-corrected chi connectivity index (χ0v) is 18.4. The number of nitrogens with zero attached hydrogens (tertiary/aromatic N) is 2. The minimum Gasteiger partial charge on any atom is -0.459 e. The lowest BCUT2D eigenvalue weighted by atomic mass is 9.95. The van der Waals surface area contributed by atoms with Crippen LogP contribution in [0, 0.1) is 6.92 Å². The molecule has 0 radical (unpaired) electrons. The first-order chi connectivity index (χ1) is 12.8. The van der Waals surface area contributed by atoms with Crippen LogP contribution in [-0.2, 0) is 22.4 Å². The summed E-state index contributed by atoms with van der Waals surface area (Å²) < 4.78 is 7.97. The van der Waals surface area contributed by atoms with Gasteiger partial charge in [-0.1, -0.05) is 0 Å². The molecule has 146 valence electrons. The number of carbonyl (C=O) groups is 2. The van der Waals surface area contributed by atoms with E-state index in [0.717, 1.165) is 41.4 Å². The van der Waals surface area contributed by atoms with Crippen LogP contribution < -0.4 is 5.32 Å². The highest BCUT2D eigenvalue weighted by Gasteiger charge is 2.29. The number of esters is 1. The summed E-state index contributed by atoms with van der Waals surface area (Å²) in [5.41, 5.74) is 2.45. The molecule has 6 nitrogen and oxygen atoms in total. The number of rotatable bonds is 5. The molecule has 2 heterocycles. The molecule has 1 unspecified atom stereocenters. The summed E-state index contributed by atoms with van der Waals surface area (Å²) in [5, 5.41) is 7.81. The van der Waals surface area contributed by atoms with Gasteiger partial charge in [0, 0.05) is 4.88 Å². The lowest BCUT2D eigenvalue weighted by Gasteiger charge is -2.16. The Morgan fingerprint density at radius 3 is 2.63 bits per heavy atom. The number of thiophene rings is 1. The molecule has 0 spiro atoms. The summed E-state index contributed by atoms with van der Waals surface area (Å²) in [6.45, 7) is 7.35. The van der Waals surface area contributed by atoms with Crippen LogP contribution in [0.5, 0.6) is 0 Å². The van der Waals surface area contributed by atoms with Crippen LogP contribution in [-0.4, -0.2) is 27.8 Å². The topological polar surface area (TPSA) is 73.2 Å². The van der Waals surface area contributed by atoms with Gasteiger partial charge >= 0.3 is 5.97 Å². The minimum atomic E-state index is -0.496. The van der Waals surface area contributed by atoms with Gasteiger partial charge < -0.3 is 10.1 Å². The Bertz CT molecular complexity index is 872. The lowest BCUT2D eigenvalue weighted by molar-refractivity contribution is -0.119. The van der Waals surface area contributed by atoms with E-state index >= 15 is 0 Å². The molecule has 27 heavy (non-hydrogen) atoms. The van der Waals surface area contributed by atoms with Crippen LogP contribution in [0.1, 0.15) is 66.1 Å². The maximum Gasteiger partial charge on any atom is 0.341 e. The van der Waals surface area contributed by atoms with Crippen molar-refractivity contribution in [3.05, 3.63) is 32.4 Å². The molecule has 3 rings (SSSR count). The Labute approximate surface area is 171 Å². The van der Waals surface area contributed by atoms with Crippen molar-refractivity contribution < 1.29 is 14.3 Å². The average Bonchev–Trinajstić information content (AvgIpc) is 3.13. The van der Waals surface area contributed by atoms with Gasteiger partial charge in [0.05, 0.1) is 28.0 Å². The Morgan fingerprint density at radius 2 is 2.00 bits per heavy atom. The van der Waals surface area contributed by atoms with Crippen LogP contribution in [0.4, 0.5) is 5.00 Å². The van der Waals surface area contributed by atoms with Gasteiger partial charge in [0.2, 0.25) is 5.91 Å². The van der Waals surface area contributed by atoms with Crippen molar-refractivity contribution in [3.8, 4) is 0 Å². The van der Waals surface area contributed by atoms with Gasteiger partial charge in [0.15, 0.2) is 0 Å². The van der Waals surface area contributed by atoms with Crippen LogP contribution in [0.3, 0.4) is 0 Å². The van der Waals surface area contributed by atoms with E-state index in [1.165, 1.54) is 16.2 Å². The Balaban J connectivity index is 1.89. The Hall–Kier alpha value is -1.67. The van der Waals surface area contributed by atoms with Crippen molar-refractivity contribution >= 4 is 44.1 Å². The first-order valence-electron chi connectivity index (χ1n) is 9.15. The van der Waals surface area contributed by atoms with Crippen molar-refractivity contribution in [2.24, 2.45) is 0 Å². The van der Waals surface area contributed by atoms with E-state index in [4.69, 9.17) is 4.74 Å². The zero-order valence-electron chi connectivity index (χ0n) is 16.0. The summed E-state index contributed by atoms with van der Waals surface area (Å²) in [7, 11) is 0. The summed E-state index contributed by atoms with van der Waals surface area (Å²) in [6.07, 6.45) is 5.42. The molecule has 1 atom stereocenters. The number of aromatic nitrogens is 2. The first kappa shape index (κ1) is 20.1. The number of hydrogen-bond acceptors (Lipinski definition) is 5. The molecule has 0 aromatic carbocycles. The Kier molecular flexibility index (Phi) is 6.05. The molecule has 2 aromatic heterocycles. The highest BCUT2D eigenvalue weighted by molar-refractivity contribution is 9.10. The van der Waals surface area contributed by atoms with Crippen LogP contribution in [0.25, 0.3) is 0 Å². The second kappa shape index (κ2) is 8.14. The second-order valence-corrected chi connectivity index (χ2v) is 9.02. The lowest BCUT2D eigenvalue weighted by Crippen LogP contribution is -2.26. The number of carbonyl (C=O) groups excluding carboxylic acids is 2. The molecule has 1 amide bonds. The standard InChI is InChI=1S/C19H24BrN3O3S/c1-10(2)26-19(25)16-13-7-5-6-8-15(13)27-18(16)22-17(24)12(4)23-11(3)14(20)9-21-23/h9-10,12H,5-8H2,1-4H3,(H,22,24). The summed E-state index contributed by atoms with van der Waals surface area (Å²) in [4.78, 5) is 26.7. The van der Waals surface area contributed by atoms with E-state index in [1.54, 1.807) is 17.8 Å². The summed E-state index contributed by atoms with van der Waals surface area (Å²) >= 11 is 4.91. The van der Waals surface area contributed by atoms with Gasteiger partial charge in [-0.05, 0) is 74.9 Å². The molecule has 0 fully saturated rings. The average molecular weight is 454 g/mol. The molecule has 8 heteroatoms. The van der Waals surface area contributed by atoms with Crippen LogP contribution in [0.2, 0.25) is 0 Å². The third-order valence-corrected chi connectivity index (χ3v) is 6.67. The van der Waals surface area contributed by atoms with Crippen LogP contribution in [0.15, 0.2) is 10.7 Å². The van der Waals surface area contributed by atoms with Gasteiger partial charge in [-0.15, -0.1) is 11.3 Å². The highest BCUT2D eigenvalue weighted by atomic mass is 79.9. The van der Waals surface area contributed by atoms with Crippen molar-refractivity contribution in [3.63, 3.8) is 0 Å². The van der Waals surface area contributed by atoms with Gasteiger partial charge in [0.1, 0.15) is 11.0 Å². The fraction of sp³-hybridized carbons (Fsp3) is 0.526. The van der Waals surface area contributed by atoms with E-state index in [2.05, 4.69) is 26.3 Å². The number of halogens is 1. The molecule has 0 aliphatic heterocycles. The summed E-state index contributed by atoms with van der Waals surface area (Å²) in [6, 6.07) is -0.496. The normalized spacial score (nSPS) is 14.7. The predicted octanol–water partition coefficient (Wildman–Crippen LogP) is 4.66. The van der Waals surface area contributed by atoms with Gasteiger partial charge in [0.25, 0.3) is 0 Å². The molecule has 2 aromatic rings. The molecule has 0 saturated carbocycles. The van der Waals surface area contributed by atoms with E-state index < -0.39 is 6.04 Å². The molecule has 0 saturated heterocycles. The highest BCUT2D eigenvalue weighted by Crippen LogP contribution is 2.39. The Morgan fingerprint density at radius 1 is 1.30 bits per heavy atom. The zero-order chi connectivity index (χ0) is 19.7. The number of ether oxygens (including phenoxy) is 1. The minimum absolute atomic E-state index is 0.203. The number of hydrogen-bond donors (Lipinski definition) is 1. The van der Waals surface area contributed by atoms with Gasteiger partial charge in [-0.25, -0.2) is 4.79 Å². The number of amides is 1. The fourth-order valence-electron chi connectivity index (χ4n) is 3.26. The van der Waals surface area contributed by atoms with E-state index in [-0.39, 0.29) is 18.0 Å². The summed E-state index contributed by atoms with van der Waals surface area (Å²) in [5.74, 6) is -0.559. The quantitative estimate of drug-likeness (QED) is 0.667. The number of aryl methyl sites for hydroxylation is 1. The monoisotopic (exact) mass is 453 g/mol. The molecule has 1 aliphatic rings. The number of fused-ring (bicyclic) bond motifs is 1. The molecule has 1 N–H and O–H groups in total. The maximum atomic E-state index is 12.9. The van der Waals surface area contributed by atoms with E-state index in [9.17, 15) is 9.59 Å². The molecule has 1 aliphatic carbocycles. The predicted molar refractivity (Wildman–Crippen MR) is 110 cm³/mol. The third kappa shape index (κ3) is 4.11. The van der Waals surface area contributed by atoms with Gasteiger partial charge in [-0.3, -0.25) is 9.48 Å². The van der Waals surface area contributed by atoms with Crippen molar-refractivity contribution in [2.45, 2.75) is 65.5 Å².